The summed E-state index contributed by atoms with van der Waals surface area (Å²) < 4.78 is 0. The van der Waals surface area contributed by atoms with E-state index in [4.69, 9.17) is 0 Å². The van der Waals surface area contributed by atoms with Crippen molar-refractivity contribution in [2.75, 3.05) is 5.75 Å². The molecule has 0 aromatic rings. The fraction of sp³-hybridized carbons (Fsp3) is 0.833. The highest BCUT2D eigenvalue weighted by molar-refractivity contribution is 7.80. The third-order valence-electron chi connectivity index (χ3n) is 3.91. The Morgan fingerprint density at radius 3 is 3.08 bits per heavy atom. The summed E-state index contributed by atoms with van der Waals surface area (Å²) >= 11 is 4.50. The lowest BCUT2D eigenvalue weighted by molar-refractivity contribution is 0.229. The normalized spacial score (nSPS) is 38.6. The first-order chi connectivity index (χ1) is 6.35. The molecule has 2 aliphatic rings. The molecule has 0 nitrogen and oxygen atoms in total. The minimum atomic E-state index is 0.810. The van der Waals surface area contributed by atoms with Crippen LogP contribution in [0, 0.1) is 17.8 Å². The molecule has 0 N–H and O–H groups in total. The van der Waals surface area contributed by atoms with Crippen molar-refractivity contribution in [2.45, 2.75) is 39.0 Å². The van der Waals surface area contributed by atoms with Crippen LogP contribution in [0.15, 0.2) is 11.6 Å². The molecular formula is C12H20S. The quantitative estimate of drug-likeness (QED) is 0.505. The van der Waals surface area contributed by atoms with Crippen LogP contribution in [0.2, 0.25) is 0 Å². The Kier molecular flexibility index (Phi) is 3.02. The summed E-state index contributed by atoms with van der Waals surface area (Å²) in [6, 6.07) is 0. The highest BCUT2D eigenvalue weighted by Gasteiger charge is 2.33. The van der Waals surface area contributed by atoms with Crippen molar-refractivity contribution < 1.29 is 0 Å². The molecule has 0 aliphatic heterocycles. The minimum absolute atomic E-state index is 0.810. The van der Waals surface area contributed by atoms with E-state index in [1.54, 1.807) is 5.57 Å². The first-order valence-corrected chi connectivity index (χ1v) is 6.28. The highest BCUT2D eigenvalue weighted by atomic mass is 32.1. The lowest BCUT2D eigenvalue weighted by atomic mass is 9.67. The van der Waals surface area contributed by atoms with Gasteiger partial charge in [-0.05, 0) is 49.2 Å². The zero-order valence-corrected chi connectivity index (χ0v) is 9.39. The predicted molar refractivity (Wildman–Crippen MR) is 61.2 cm³/mol. The topological polar surface area (TPSA) is 0 Å². The van der Waals surface area contributed by atoms with E-state index in [0.717, 1.165) is 23.5 Å². The second-order valence-electron chi connectivity index (χ2n) is 4.62. The molecule has 1 saturated carbocycles. The van der Waals surface area contributed by atoms with Crippen LogP contribution in [0.4, 0.5) is 0 Å². The van der Waals surface area contributed by atoms with Gasteiger partial charge < -0.3 is 0 Å². The average Bonchev–Trinajstić information content (AvgIpc) is 2.17. The van der Waals surface area contributed by atoms with E-state index in [1.165, 1.54) is 32.1 Å². The SMILES string of the molecule is CCC1CC2CCC=C(C2)C1CS. The molecule has 1 heteroatoms. The van der Waals surface area contributed by atoms with Gasteiger partial charge in [0.05, 0.1) is 0 Å². The molecule has 1 fully saturated rings. The van der Waals surface area contributed by atoms with Gasteiger partial charge in [-0.15, -0.1) is 0 Å². The number of allylic oxidation sites excluding steroid dienone is 2. The van der Waals surface area contributed by atoms with Gasteiger partial charge in [0.1, 0.15) is 0 Å². The van der Waals surface area contributed by atoms with Crippen molar-refractivity contribution >= 4 is 12.6 Å². The highest BCUT2D eigenvalue weighted by Crippen LogP contribution is 2.44. The van der Waals surface area contributed by atoms with Crippen molar-refractivity contribution in [1.82, 2.24) is 0 Å². The zero-order valence-electron chi connectivity index (χ0n) is 8.50. The third-order valence-corrected chi connectivity index (χ3v) is 4.30. The number of fused-ring (bicyclic) bond motifs is 2. The summed E-state index contributed by atoms with van der Waals surface area (Å²) in [5, 5.41) is 0. The Morgan fingerprint density at radius 2 is 2.38 bits per heavy atom. The van der Waals surface area contributed by atoms with Gasteiger partial charge in [-0.1, -0.05) is 25.0 Å². The summed E-state index contributed by atoms with van der Waals surface area (Å²) in [5.41, 5.74) is 1.74. The van der Waals surface area contributed by atoms with Crippen molar-refractivity contribution in [3.63, 3.8) is 0 Å². The molecule has 0 radical (unpaired) electrons. The van der Waals surface area contributed by atoms with Crippen LogP contribution in [-0.2, 0) is 0 Å². The van der Waals surface area contributed by atoms with Crippen molar-refractivity contribution in [1.29, 1.82) is 0 Å². The zero-order chi connectivity index (χ0) is 9.26. The van der Waals surface area contributed by atoms with Crippen LogP contribution in [-0.4, -0.2) is 5.75 Å². The maximum Gasteiger partial charge on any atom is -0.00295 e. The smallest absolute Gasteiger partial charge is 0.00295 e. The summed E-state index contributed by atoms with van der Waals surface area (Å²) in [6.07, 6.45) is 9.49. The van der Waals surface area contributed by atoms with Gasteiger partial charge >= 0.3 is 0 Å². The fourth-order valence-corrected chi connectivity index (χ4v) is 3.67. The van der Waals surface area contributed by atoms with Gasteiger partial charge in [0.15, 0.2) is 0 Å². The van der Waals surface area contributed by atoms with E-state index in [9.17, 15) is 0 Å². The molecule has 0 saturated heterocycles. The fourth-order valence-electron chi connectivity index (χ4n) is 3.14. The Hall–Kier alpha value is 0.0900. The molecule has 0 aromatic carbocycles. The lowest BCUT2D eigenvalue weighted by Crippen LogP contribution is -2.29. The Balaban J connectivity index is 2.16. The molecule has 0 spiro atoms. The van der Waals surface area contributed by atoms with Crippen LogP contribution >= 0.6 is 12.6 Å². The van der Waals surface area contributed by atoms with Crippen LogP contribution in [0.1, 0.15) is 39.0 Å². The molecule has 3 unspecified atom stereocenters. The molecule has 2 rings (SSSR count). The first kappa shape index (κ1) is 9.64. The summed E-state index contributed by atoms with van der Waals surface area (Å²) in [5.74, 6) is 3.82. The second kappa shape index (κ2) is 4.08. The van der Waals surface area contributed by atoms with E-state index >= 15 is 0 Å². The Bertz CT molecular complexity index is 207. The number of hydrogen-bond donors (Lipinski definition) is 1. The summed E-state index contributed by atoms with van der Waals surface area (Å²) in [7, 11) is 0. The monoisotopic (exact) mass is 196 g/mol. The van der Waals surface area contributed by atoms with E-state index in [1.807, 2.05) is 0 Å². The predicted octanol–water partition coefficient (Wildman–Crippen LogP) is 3.69. The Labute approximate surface area is 87.2 Å². The van der Waals surface area contributed by atoms with Gasteiger partial charge in [-0.25, -0.2) is 0 Å². The van der Waals surface area contributed by atoms with Crippen molar-refractivity contribution in [2.24, 2.45) is 17.8 Å². The van der Waals surface area contributed by atoms with Crippen LogP contribution in [0.5, 0.6) is 0 Å². The molecular weight excluding hydrogens is 176 g/mol. The minimum Gasteiger partial charge on any atom is -0.179 e. The maximum atomic E-state index is 4.50. The van der Waals surface area contributed by atoms with Gasteiger partial charge in [-0.2, -0.15) is 12.6 Å². The summed E-state index contributed by atoms with van der Waals surface area (Å²) in [6.45, 7) is 2.34. The molecule has 2 aliphatic carbocycles. The van der Waals surface area contributed by atoms with Gasteiger partial charge in [0.25, 0.3) is 0 Å². The molecule has 2 bridgehead atoms. The van der Waals surface area contributed by atoms with Gasteiger partial charge in [-0.3, -0.25) is 0 Å². The van der Waals surface area contributed by atoms with E-state index in [0.29, 0.717) is 0 Å². The standard InChI is InChI=1S/C12H20S/c1-2-10-6-9-4-3-5-11(7-9)12(10)8-13/h5,9-10,12-13H,2-4,6-8H2,1H3. The maximum absolute atomic E-state index is 4.50. The second-order valence-corrected chi connectivity index (χ2v) is 4.98. The molecule has 74 valence electrons. The van der Waals surface area contributed by atoms with Gasteiger partial charge in [0.2, 0.25) is 0 Å². The molecule has 3 atom stereocenters. The van der Waals surface area contributed by atoms with Crippen molar-refractivity contribution in [3.8, 4) is 0 Å². The van der Waals surface area contributed by atoms with E-state index in [-0.39, 0.29) is 0 Å². The lowest BCUT2D eigenvalue weighted by Gasteiger charge is -2.40. The number of rotatable bonds is 2. The first-order valence-electron chi connectivity index (χ1n) is 5.65. The molecule has 0 aromatic heterocycles. The third kappa shape index (κ3) is 1.81. The van der Waals surface area contributed by atoms with Crippen LogP contribution in [0.3, 0.4) is 0 Å². The number of hydrogen-bond acceptors (Lipinski definition) is 1. The largest absolute Gasteiger partial charge is 0.179 e. The molecule has 13 heavy (non-hydrogen) atoms. The number of thiol groups is 1. The molecule has 0 amide bonds. The summed E-state index contributed by atoms with van der Waals surface area (Å²) in [4.78, 5) is 0. The van der Waals surface area contributed by atoms with Crippen LogP contribution < -0.4 is 0 Å². The van der Waals surface area contributed by atoms with Crippen LogP contribution in [0.25, 0.3) is 0 Å². The Morgan fingerprint density at radius 1 is 1.54 bits per heavy atom. The van der Waals surface area contributed by atoms with Crippen molar-refractivity contribution in [3.05, 3.63) is 11.6 Å². The molecule has 0 heterocycles. The van der Waals surface area contributed by atoms with Gasteiger partial charge in [0, 0.05) is 0 Å². The van der Waals surface area contributed by atoms with E-state index in [2.05, 4.69) is 25.6 Å². The van der Waals surface area contributed by atoms with E-state index < -0.39 is 0 Å². The average molecular weight is 196 g/mol.